The van der Waals surface area contributed by atoms with Crippen LogP contribution in [0, 0.1) is 0 Å². The summed E-state index contributed by atoms with van der Waals surface area (Å²) in [7, 11) is 0. The maximum Gasteiger partial charge on any atom is 0.229 e. The first-order valence-electron chi connectivity index (χ1n) is 11.4. The highest BCUT2D eigenvalue weighted by molar-refractivity contribution is 5.79. The third-order valence-electron chi connectivity index (χ3n) is 6.17. The van der Waals surface area contributed by atoms with Crippen molar-refractivity contribution < 1.29 is 44.5 Å². The van der Waals surface area contributed by atoms with Crippen LogP contribution >= 0.6 is 0 Å². The number of carbonyl (C=O) groups excluding carboxylic acids is 1. The molecule has 0 radical (unpaired) electrons. The van der Waals surface area contributed by atoms with Gasteiger partial charge in [-0.15, -0.1) is 0 Å². The minimum Gasteiger partial charge on any atom is -0.458 e. The van der Waals surface area contributed by atoms with Gasteiger partial charge in [0, 0.05) is 12.8 Å². The van der Waals surface area contributed by atoms with Gasteiger partial charge in [0.05, 0.1) is 12.7 Å². The number of ketones is 1. The number of rotatable bonds is 3. The average molecular weight is 475 g/mol. The van der Waals surface area contributed by atoms with Gasteiger partial charge in [0.25, 0.3) is 0 Å². The molecule has 34 heavy (non-hydrogen) atoms. The molecule has 0 saturated carbocycles. The van der Waals surface area contributed by atoms with Crippen LogP contribution in [0.1, 0.15) is 30.4 Å². The summed E-state index contributed by atoms with van der Waals surface area (Å²) in [6.45, 7) is -0.565. The molecule has 4 bridgehead atoms. The number of benzene rings is 2. The fourth-order valence-corrected chi connectivity index (χ4v) is 4.11. The summed E-state index contributed by atoms with van der Waals surface area (Å²) in [5.41, 5.74) is 1.81. The van der Waals surface area contributed by atoms with E-state index >= 15 is 0 Å². The summed E-state index contributed by atoms with van der Waals surface area (Å²) >= 11 is 0. The predicted molar refractivity (Wildman–Crippen MR) is 120 cm³/mol. The molecule has 5 rings (SSSR count). The molecule has 184 valence electrons. The Labute approximate surface area is 197 Å². The Hall–Kier alpha value is -2.53. The van der Waals surface area contributed by atoms with Crippen molar-refractivity contribution in [2.75, 3.05) is 6.61 Å². The number of aliphatic hydroxyl groups is 5. The molecule has 0 spiro atoms. The number of Topliss-reactive ketones (excluding diaryl/α,β-unsaturated/α-hetero) is 1. The summed E-state index contributed by atoms with van der Waals surface area (Å²) in [5.74, 6) is 1.09. The molecule has 3 aliphatic heterocycles. The highest BCUT2D eigenvalue weighted by Crippen LogP contribution is 2.36. The highest BCUT2D eigenvalue weighted by Gasteiger charge is 2.45. The van der Waals surface area contributed by atoms with E-state index in [2.05, 4.69) is 0 Å². The van der Waals surface area contributed by atoms with Crippen molar-refractivity contribution in [1.29, 1.82) is 0 Å². The van der Waals surface area contributed by atoms with Gasteiger partial charge in [0.15, 0.2) is 11.5 Å². The third kappa shape index (κ3) is 5.75. The van der Waals surface area contributed by atoms with E-state index in [1.54, 1.807) is 30.3 Å². The Bertz CT molecular complexity index is 975. The van der Waals surface area contributed by atoms with Gasteiger partial charge in [-0.2, -0.15) is 0 Å². The Morgan fingerprint density at radius 1 is 0.882 bits per heavy atom. The molecule has 9 nitrogen and oxygen atoms in total. The van der Waals surface area contributed by atoms with E-state index in [-0.39, 0.29) is 18.0 Å². The van der Waals surface area contributed by atoms with E-state index in [4.69, 9.17) is 14.2 Å². The van der Waals surface area contributed by atoms with Crippen LogP contribution in [0.3, 0.4) is 0 Å². The number of ether oxygens (including phenoxy) is 3. The van der Waals surface area contributed by atoms with Crippen LogP contribution in [-0.2, 0) is 22.4 Å². The maximum absolute atomic E-state index is 12.2. The van der Waals surface area contributed by atoms with Gasteiger partial charge in [-0.25, -0.2) is 0 Å². The van der Waals surface area contributed by atoms with Crippen LogP contribution in [0.25, 0.3) is 0 Å². The number of fused-ring (bicyclic) bond motifs is 8. The average Bonchev–Trinajstić information content (AvgIpc) is 2.83. The van der Waals surface area contributed by atoms with Crippen LogP contribution in [0.4, 0.5) is 0 Å². The summed E-state index contributed by atoms with van der Waals surface area (Å²) in [4.78, 5) is 12.2. The van der Waals surface area contributed by atoms with Gasteiger partial charge in [0.2, 0.25) is 6.29 Å². The van der Waals surface area contributed by atoms with Crippen LogP contribution < -0.4 is 9.47 Å². The molecule has 9 heteroatoms. The second-order valence-corrected chi connectivity index (χ2v) is 8.78. The number of carbonyl (C=O) groups is 1. The van der Waals surface area contributed by atoms with Crippen molar-refractivity contribution in [3.05, 3.63) is 53.6 Å². The Morgan fingerprint density at radius 2 is 1.62 bits per heavy atom. The van der Waals surface area contributed by atoms with Crippen LogP contribution in [0.5, 0.6) is 17.2 Å². The second-order valence-electron chi connectivity index (χ2n) is 8.78. The van der Waals surface area contributed by atoms with Crippen molar-refractivity contribution in [2.24, 2.45) is 0 Å². The van der Waals surface area contributed by atoms with Crippen LogP contribution in [0.15, 0.2) is 42.5 Å². The molecule has 1 fully saturated rings. The van der Waals surface area contributed by atoms with Gasteiger partial charge in [-0.1, -0.05) is 18.2 Å². The molecule has 4 unspecified atom stereocenters. The predicted octanol–water partition coefficient (Wildman–Crippen LogP) is 0.856. The lowest BCUT2D eigenvalue weighted by Crippen LogP contribution is -2.60. The van der Waals surface area contributed by atoms with Crippen molar-refractivity contribution in [3.63, 3.8) is 0 Å². The van der Waals surface area contributed by atoms with Gasteiger partial charge in [-0.05, 0) is 54.7 Å². The number of hydrogen-bond donors (Lipinski definition) is 5. The molecule has 2 aromatic carbocycles. The second kappa shape index (κ2) is 10.8. The van der Waals surface area contributed by atoms with E-state index in [0.717, 1.165) is 11.1 Å². The molecule has 5 N–H and O–H groups in total. The molecule has 6 atom stereocenters. The molecule has 3 heterocycles. The zero-order valence-corrected chi connectivity index (χ0v) is 18.6. The molecule has 0 amide bonds. The molecular weight excluding hydrogens is 444 g/mol. The fourth-order valence-electron chi connectivity index (χ4n) is 4.11. The topological polar surface area (TPSA) is 146 Å². The normalized spacial score (nSPS) is 30.2. The summed E-state index contributed by atoms with van der Waals surface area (Å²) in [6.07, 6.45) is -5.85. The fraction of sp³-hybridized carbons (Fsp3) is 0.480. The monoisotopic (exact) mass is 474 g/mol. The summed E-state index contributed by atoms with van der Waals surface area (Å²) < 4.78 is 17.3. The van der Waals surface area contributed by atoms with Crippen molar-refractivity contribution in [3.8, 4) is 17.2 Å². The maximum atomic E-state index is 12.2. The third-order valence-corrected chi connectivity index (χ3v) is 6.17. The van der Waals surface area contributed by atoms with E-state index in [1.165, 1.54) is 0 Å². The van der Waals surface area contributed by atoms with Gasteiger partial charge in [-0.3, -0.25) is 4.79 Å². The number of aryl methyl sites for hydroxylation is 2. The Kier molecular flexibility index (Phi) is 7.82. The number of aliphatic hydroxyl groups excluding tert-OH is 5. The van der Waals surface area contributed by atoms with Crippen molar-refractivity contribution in [2.45, 2.75) is 68.9 Å². The molecule has 0 aliphatic carbocycles. The highest BCUT2D eigenvalue weighted by atomic mass is 16.7. The quantitative estimate of drug-likeness (QED) is 0.437. The lowest BCUT2D eigenvalue weighted by molar-refractivity contribution is -0.277. The largest absolute Gasteiger partial charge is 0.458 e. The zero-order chi connectivity index (χ0) is 24.2. The van der Waals surface area contributed by atoms with Gasteiger partial charge >= 0.3 is 0 Å². The van der Waals surface area contributed by atoms with E-state index in [0.29, 0.717) is 37.2 Å². The molecule has 3 aliphatic rings. The zero-order valence-electron chi connectivity index (χ0n) is 18.6. The number of hydrogen-bond acceptors (Lipinski definition) is 9. The molecule has 2 aromatic rings. The van der Waals surface area contributed by atoms with Crippen LogP contribution in [-0.4, -0.2) is 74.7 Å². The minimum atomic E-state index is -1.56. The van der Waals surface area contributed by atoms with Gasteiger partial charge in [0.1, 0.15) is 35.9 Å². The molecule has 1 saturated heterocycles. The van der Waals surface area contributed by atoms with E-state index < -0.39 is 43.4 Å². The first-order chi connectivity index (χ1) is 16.3. The van der Waals surface area contributed by atoms with Crippen molar-refractivity contribution >= 4 is 5.78 Å². The van der Waals surface area contributed by atoms with E-state index in [9.17, 15) is 30.3 Å². The summed E-state index contributed by atoms with van der Waals surface area (Å²) in [6, 6.07) is 12.4. The standard InChI is InChI=1S/C25H30O9/c26-13-21-22(29)23(30)24(31)25(34-21)33-19-10-5-15-2-7-17(28)12-16(27)6-1-14-3-8-18(9-4-14)32-20(19)11-15/h3-5,8-11,17,21-26,28-31H,1-2,6-7,12-13H2/t17?,21?,22-,23?,24?,25+/m0/s1. The van der Waals surface area contributed by atoms with Crippen molar-refractivity contribution in [1.82, 2.24) is 0 Å². The SMILES string of the molecule is O=C1CCc2ccc(cc2)Oc2cc(ccc2O[C@@H]2OC(CO)[C@H](O)C(O)C2O)CCC(O)C1. The lowest BCUT2D eigenvalue weighted by Gasteiger charge is -2.39. The summed E-state index contributed by atoms with van der Waals surface area (Å²) in [5, 5.41) is 50.1. The first kappa shape index (κ1) is 24.6. The Morgan fingerprint density at radius 3 is 2.35 bits per heavy atom. The van der Waals surface area contributed by atoms with E-state index in [1.807, 2.05) is 12.1 Å². The lowest BCUT2D eigenvalue weighted by atomic mass is 9.99. The minimum absolute atomic E-state index is 0.0201. The first-order valence-corrected chi connectivity index (χ1v) is 11.4. The van der Waals surface area contributed by atoms with Crippen LogP contribution in [0.2, 0.25) is 0 Å². The smallest absolute Gasteiger partial charge is 0.229 e. The Balaban J connectivity index is 1.61. The molecular formula is C25H30O9. The molecule has 0 aromatic heterocycles. The van der Waals surface area contributed by atoms with Gasteiger partial charge < -0.3 is 39.7 Å².